The molecule has 0 aliphatic rings. The summed E-state index contributed by atoms with van der Waals surface area (Å²) in [6.45, 7) is 5.99. The molecule has 2 aromatic carbocycles. The van der Waals surface area contributed by atoms with Gasteiger partial charge in [0, 0.05) is 23.0 Å². The molecule has 0 fully saturated rings. The first kappa shape index (κ1) is 21.0. The van der Waals surface area contributed by atoms with Gasteiger partial charge in [-0.25, -0.2) is 14.6 Å². The molecule has 0 unspecified atom stereocenters. The van der Waals surface area contributed by atoms with Gasteiger partial charge in [-0.2, -0.15) is 5.10 Å². The fourth-order valence-corrected chi connectivity index (χ4v) is 3.12. The lowest BCUT2D eigenvalue weighted by Gasteiger charge is -2.09. The molecule has 2 aromatic heterocycles. The zero-order valence-electron chi connectivity index (χ0n) is 18.3. The average Bonchev–Trinajstić information content (AvgIpc) is 3.08. The second kappa shape index (κ2) is 8.89. The molecule has 1 N–H and O–H groups in total. The van der Waals surface area contributed by atoms with Gasteiger partial charge < -0.3 is 14.8 Å². The Morgan fingerprint density at radius 3 is 2.25 bits per heavy atom. The molecule has 0 radical (unpaired) electrons. The summed E-state index contributed by atoms with van der Waals surface area (Å²) in [6.07, 6.45) is 1.44. The maximum Gasteiger partial charge on any atom is 0.255 e. The lowest BCUT2D eigenvalue weighted by atomic mass is 10.2. The molecule has 0 spiro atoms. The molecule has 4 aromatic rings. The molecule has 0 saturated carbocycles. The summed E-state index contributed by atoms with van der Waals surface area (Å²) in [7, 11) is 1.58. The molecule has 0 atom stereocenters. The minimum Gasteiger partial charge on any atom is -0.497 e. The number of aromatic nitrogens is 4. The van der Waals surface area contributed by atoms with Crippen molar-refractivity contribution in [2.24, 2.45) is 0 Å². The fraction of sp³-hybridized carbons (Fsp3) is 0.167. The first-order valence-electron chi connectivity index (χ1n) is 10.0. The molecule has 162 valence electrons. The highest BCUT2D eigenvalue weighted by atomic mass is 16.5. The third kappa shape index (κ3) is 4.44. The number of ether oxygens (including phenoxy) is 2. The number of nitrogens with zero attached hydrogens (tertiary/aromatic N) is 4. The summed E-state index contributed by atoms with van der Waals surface area (Å²) < 4.78 is 12.8. The summed E-state index contributed by atoms with van der Waals surface area (Å²) in [5.41, 5.74) is 4.29. The van der Waals surface area contributed by atoms with Gasteiger partial charge >= 0.3 is 0 Å². The van der Waals surface area contributed by atoms with Crippen LogP contribution in [-0.2, 0) is 0 Å². The van der Waals surface area contributed by atoms with Crippen LogP contribution in [0.15, 0.2) is 60.9 Å². The van der Waals surface area contributed by atoms with Crippen molar-refractivity contribution in [2.75, 3.05) is 12.4 Å². The van der Waals surface area contributed by atoms with Crippen molar-refractivity contribution in [3.8, 4) is 23.2 Å². The SMILES string of the molecule is COc1ccc(C(=O)Nc2ccc(Oc3cc(-n4nc(C)c(C)c4C)ncn3)cc2)cc1. The summed E-state index contributed by atoms with van der Waals surface area (Å²) in [6, 6.07) is 15.7. The molecule has 32 heavy (non-hydrogen) atoms. The van der Waals surface area contributed by atoms with Crippen molar-refractivity contribution < 1.29 is 14.3 Å². The van der Waals surface area contributed by atoms with Crippen LogP contribution in [0.3, 0.4) is 0 Å². The number of hydrogen-bond donors (Lipinski definition) is 1. The van der Waals surface area contributed by atoms with E-state index in [-0.39, 0.29) is 5.91 Å². The van der Waals surface area contributed by atoms with Crippen LogP contribution in [0.4, 0.5) is 5.69 Å². The summed E-state index contributed by atoms with van der Waals surface area (Å²) in [5.74, 6) is 2.11. The van der Waals surface area contributed by atoms with Crippen LogP contribution >= 0.6 is 0 Å². The summed E-state index contributed by atoms with van der Waals surface area (Å²) in [4.78, 5) is 20.9. The third-order valence-corrected chi connectivity index (χ3v) is 5.18. The van der Waals surface area contributed by atoms with E-state index in [1.165, 1.54) is 6.33 Å². The Hall–Kier alpha value is -4.20. The number of nitrogens with one attached hydrogen (secondary N) is 1. The Kier molecular flexibility index (Phi) is 5.85. The summed E-state index contributed by atoms with van der Waals surface area (Å²) >= 11 is 0. The molecule has 1 amide bonds. The Bertz CT molecular complexity index is 1250. The van der Waals surface area contributed by atoms with Gasteiger partial charge in [0.15, 0.2) is 5.82 Å². The van der Waals surface area contributed by atoms with E-state index in [2.05, 4.69) is 20.4 Å². The molecule has 8 nitrogen and oxygen atoms in total. The van der Waals surface area contributed by atoms with Crippen LogP contribution in [0.2, 0.25) is 0 Å². The molecule has 0 aliphatic carbocycles. The predicted octanol–water partition coefficient (Wildman–Crippen LogP) is 4.64. The Morgan fingerprint density at radius 1 is 0.938 bits per heavy atom. The second-order valence-corrected chi connectivity index (χ2v) is 7.23. The minimum atomic E-state index is -0.207. The standard InChI is InChI=1S/C24H23N5O3/c1-15-16(2)28-29(17(15)3)22-13-23(26-14-25-22)32-21-11-7-19(8-12-21)27-24(30)18-5-9-20(31-4)10-6-18/h5-14H,1-4H3,(H,27,30). The molecular weight excluding hydrogens is 406 g/mol. The van der Waals surface area contributed by atoms with E-state index in [4.69, 9.17) is 9.47 Å². The molecule has 2 heterocycles. The minimum absolute atomic E-state index is 0.207. The average molecular weight is 429 g/mol. The highest BCUT2D eigenvalue weighted by molar-refractivity contribution is 6.04. The zero-order chi connectivity index (χ0) is 22.7. The normalized spacial score (nSPS) is 10.6. The van der Waals surface area contributed by atoms with Crippen molar-refractivity contribution in [2.45, 2.75) is 20.8 Å². The molecule has 0 aliphatic heterocycles. The van der Waals surface area contributed by atoms with E-state index in [1.807, 2.05) is 20.8 Å². The first-order valence-corrected chi connectivity index (χ1v) is 10.0. The molecule has 0 bridgehead atoms. The van der Waals surface area contributed by atoms with E-state index in [1.54, 1.807) is 66.4 Å². The number of carbonyl (C=O) groups is 1. The maximum absolute atomic E-state index is 12.4. The van der Waals surface area contributed by atoms with Crippen LogP contribution in [0.5, 0.6) is 17.4 Å². The van der Waals surface area contributed by atoms with Crippen molar-refractivity contribution in [3.63, 3.8) is 0 Å². The number of hydrogen-bond acceptors (Lipinski definition) is 6. The largest absolute Gasteiger partial charge is 0.497 e. The van der Waals surface area contributed by atoms with E-state index < -0.39 is 0 Å². The van der Waals surface area contributed by atoms with Gasteiger partial charge in [-0.1, -0.05) is 0 Å². The number of rotatable bonds is 6. The van der Waals surface area contributed by atoms with Crippen LogP contribution < -0.4 is 14.8 Å². The second-order valence-electron chi connectivity index (χ2n) is 7.23. The first-order chi connectivity index (χ1) is 15.4. The van der Waals surface area contributed by atoms with E-state index in [9.17, 15) is 4.79 Å². The van der Waals surface area contributed by atoms with E-state index in [0.717, 1.165) is 17.0 Å². The number of carbonyl (C=O) groups excluding carboxylic acids is 1. The number of amides is 1. The summed E-state index contributed by atoms with van der Waals surface area (Å²) in [5, 5.41) is 7.38. The number of benzene rings is 2. The fourth-order valence-electron chi connectivity index (χ4n) is 3.12. The van der Waals surface area contributed by atoms with Gasteiger partial charge in [0.05, 0.1) is 12.8 Å². The number of anilines is 1. The van der Waals surface area contributed by atoms with E-state index >= 15 is 0 Å². The van der Waals surface area contributed by atoms with Gasteiger partial charge in [0.25, 0.3) is 5.91 Å². The lowest BCUT2D eigenvalue weighted by molar-refractivity contribution is 0.102. The van der Waals surface area contributed by atoms with Gasteiger partial charge in [-0.15, -0.1) is 0 Å². The Balaban J connectivity index is 1.44. The highest BCUT2D eigenvalue weighted by Crippen LogP contribution is 2.24. The van der Waals surface area contributed by atoms with Crippen LogP contribution in [0.1, 0.15) is 27.3 Å². The topological polar surface area (TPSA) is 91.2 Å². The van der Waals surface area contributed by atoms with Crippen molar-refractivity contribution in [1.82, 2.24) is 19.7 Å². The van der Waals surface area contributed by atoms with Crippen LogP contribution in [0, 0.1) is 20.8 Å². The molecule has 4 rings (SSSR count). The molecule has 0 saturated heterocycles. The molecular formula is C24H23N5O3. The van der Waals surface area contributed by atoms with Gasteiger partial charge in [0.1, 0.15) is 17.8 Å². The van der Waals surface area contributed by atoms with Gasteiger partial charge in [0.2, 0.25) is 5.88 Å². The predicted molar refractivity (Wildman–Crippen MR) is 121 cm³/mol. The Morgan fingerprint density at radius 2 is 1.62 bits per heavy atom. The van der Waals surface area contributed by atoms with E-state index in [0.29, 0.717) is 34.4 Å². The highest BCUT2D eigenvalue weighted by Gasteiger charge is 2.12. The van der Waals surface area contributed by atoms with Crippen molar-refractivity contribution in [1.29, 1.82) is 0 Å². The number of aryl methyl sites for hydroxylation is 1. The zero-order valence-corrected chi connectivity index (χ0v) is 18.3. The van der Waals surface area contributed by atoms with Crippen LogP contribution in [0.25, 0.3) is 5.82 Å². The lowest BCUT2D eigenvalue weighted by Crippen LogP contribution is -2.11. The van der Waals surface area contributed by atoms with Gasteiger partial charge in [-0.05, 0) is 74.9 Å². The van der Waals surface area contributed by atoms with Crippen LogP contribution in [-0.4, -0.2) is 32.8 Å². The Labute approximate surface area is 185 Å². The van der Waals surface area contributed by atoms with Crippen molar-refractivity contribution >= 4 is 11.6 Å². The quantitative estimate of drug-likeness (QED) is 0.480. The smallest absolute Gasteiger partial charge is 0.255 e. The maximum atomic E-state index is 12.4. The third-order valence-electron chi connectivity index (χ3n) is 5.18. The monoisotopic (exact) mass is 429 g/mol. The number of methoxy groups -OCH3 is 1. The van der Waals surface area contributed by atoms with Gasteiger partial charge in [-0.3, -0.25) is 4.79 Å². The molecule has 8 heteroatoms. The van der Waals surface area contributed by atoms with Crippen molar-refractivity contribution in [3.05, 3.63) is 83.4 Å².